The Balaban J connectivity index is 1.86. The number of nitrogens with zero attached hydrogens (tertiary/aromatic N) is 2. The van der Waals surface area contributed by atoms with Crippen LogP contribution in [-0.2, 0) is 19.1 Å². The molecule has 32 heavy (non-hydrogen) atoms. The standard InChI is InChI=1S/C24H33N3O5/c1-14(2)13-16(17-22(29)31-24(6,7)30-17)20(28)25-18(23(3,4)5)19-26-21(32-27-19)15-11-9-8-10-12-15/h8-12,14,16-18H,13H2,1-7H3,(H,25,28)/t16-,17-,18+/m0/s1. The van der Waals surface area contributed by atoms with Gasteiger partial charge in [0.25, 0.3) is 5.89 Å². The quantitative estimate of drug-likeness (QED) is 0.637. The van der Waals surface area contributed by atoms with Crippen LogP contribution in [-0.4, -0.2) is 33.9 Å². The maximum Gasteiger partial charge on any atom is 0.338 e. The van der Waals surface area contributed by atoms with Crippen molar-refractivity contribution in [3.05, 3.63) is 36.2 Å². The Morgan fingerprint density at radius 2 is 1.84 bits per heavy atom. The lowest BCUT2D eigenvalue weighted by Crippen LogP contribution is -2.45. The number of amides is 1. The summed E-state index contributed by atoms with van der Waals surface area (Å²) in [4.78, 5) is 30.4. The Morgan fingerprint density at radius 3 is 2.38 bits per heavy atom. The minimum Gasteiger partial charge on any atom is -0.432 e. The molecule has 1 aromatic carbocycles. The molecule has 1 amide bonds. The van der Waals surface area contributed by atoms with E-state index in [4.69, 9.17) is 14.0 Å². The topological polar surface area (TPSA) is 104 Å². The number of carbonyl (C=O) groups excluding carboxylic acids is 2. The number of rotatable bonds is 7. The average molecular weight is 444 g/mol. The molecule has 8 heteroatoms. The van der Waals surface area contributed by atoms with Crippen molar-refractivity contribution in [1.29, 1.82) is 0 Å². The average Bonchev–Trinajstić information content (AvgIpc) is 3.27. The number of esters is 1. The number of benzene rings is 1. The van der Waals surface area contributed by atoms with Crippen molar-refractivity contribution in [3.63, 3.8) is 0 Å². The van der Waals surface area contributed by atoms with Gasteiger partial charge in [0.1, 0.15) is 0 Å². The number of hydrogen-bond donors (Lipinski definition) is 1. The molecule has 3 atom stereocenters. The second-order valence-electron chi connectivity index (χ2n) is 10.2. The van der Waals surface area contributed by atoms with E-state index in [9.17, 15) is 9.59 Å². The largest absolute Gasteiger partial charge is 0.432 e. The van der Waals surface area contributed by atoms with Gasteiger partial charge >= 0.3 is 5.97 Å². The molecule has 0 radical (unpaired) electrons. The van der Waals surface area contributed by atoms with Gasteiger partial charge in [-0.05, 0) is 29.9 Å². The first-order chi connectivity index (χ1) is 14.9. The van der Waals surface area contributed by atoms with Crippen LogP contribution in [0, 0.1) is 17.3 Å². The van der Waals surface area contributed by atoms with Gasteiger partial charge in [0.15, 0.2) is 11.9 Å². The molecule has 3 rings (SSSR count). The predicted molar refractivity (Wildman–Crippen MR) is 118 cm³/mol. The van der Waals surface area contributed by atoms with Gasteiger partial charge in [-0.3, -0.25) is 4.79 Å². The molecule has 0 bridgehead atoms. The van der Waals surface area contributed by atoms with Crippen LogP contribution in [0.5, 0.6) is 0 Å². The van der Waals surface area contributed by atoms with Crippen molar-refractivity contribution in [1.82, 2.24) is 15.5 Å². The second kappa shape index (κ2) is 9.02. The van der Waals surface area contributed by atoms with Gasteiger partial charge in [-0.25, -0.2) is 4.79 Å². The summed E-state index contributed by atoms with van der Waals surface area (Å²) in [6, 6.07) is 8.92. The van der Waals surface area contributed by atoms with Crippen molar-refractivity contribution in [2.75, 3.05) is 0 Å². The number of cyclic esters (lactones) is 1. The van der Waals surface area contributed by atoms with Crippen LogP contribution in [0.4, 0.5) is 0 Å². The van der Waals surface area contributed by atoms with Crippen LogP contribution in [0.1, 0.15) is 66.8 Å². The van der Waals surface area contributed by atoms with Crippen LogP contribution in [0.15, 0.2) is 34.9 Å². The Kier molecular flexibility index (Phi) is 6.74. The van der Waals surface area contributed by atoms with Crippen LogP contribution in [0.25, 0.3) is 11.5 Å². The Morgan fingerprint density at radius 1 is 1.19 bits per heavy atom. The number of ether oxygens (including phenoxy) is 2. The van der Waals surface area contributed by atoms with E-state index in [1.807, 2.05) is 65.0 Å². The molecule has 8 nitrogen and oxygen atoms in total. The minimum absolute atomic E-state index is 0.175. The summed E-state index contributed by atoms with van der Waals surface area (Å²) in [6.07, 6.45) is -0.488. The van der Waals surface area contributed by atoms with E-state index in [2.05, 4.69) is 15.5 Å². The third-order valence-corrected chi connectivity index (χ3v) is 5.29. The van der Waals surface area contributed by atoms with E-state index in [-0.39, 0.29) is 11.8 Å². The zero-order chi connectivity index (χ0) is 23.7. The van der Waals surface area contributed by atoms with Gasteiger partial charge in [0.05, 0.1) is 12.0 Å². The van der Waals surface area contributed by atoms with Gasteiger partial charge in [-0.15, -0.1) is 0 Å². The van der Waals surface area contributed by atoms with Crippen molar-refractivity contribution in [2.24, 2.45) is 17.3 Å². The molecule has 1 aromatic heterocycles. The Hall–Kier alpha value is -2.74. The summed E-state index contributed by atoms with van der Waals surface area (Å²) >= 11 is 0. The second-order valence-corrected chi connectivity index (χ2v) is 10.2. The molecule has 2 aromatic rings. The summed E-state index contributed by atoms with van der Waals surface area (Å²) < 4.78 is 16.6. The SMILES string of the molecule is CC(C)C[C@H](C(=O)N[C@H](c1noc(-c2ccccc2)n1)C(C)(C)C)[C@@H]1OC(C)(C)OC1=O. The molecule has 1 aliphatic heterocycles. The van der Waals surface area contributed by atoms with E-state index in [0.717, 1.165) is 5.56 Å². The van der Waals surface area contributed by atoms with Gasteiger partial charge in [-0.2, -0.15) is 4.98 Å². The smallest absolute Gasteiger partial charge is 0.338 e. The van der Waals surface area contributed by atoms with E-state index < -0.39 is 35.2 Å². The van der Waals surface area contributed by atoms with E-state index in [1.165, 1.54) is 0 Å². The molecular formula is C24H33N3O5. The van der Waals surface area contributed by atoms with Gasteiger partial charge in [0.2, 0.25) is 11.7 Å². The van der Waals surface area contributed by atoms with Crippen molar-refractivity contribution >= 4 is 11.9 Å². The van der Waals surface area contributed by atoms with Gasteiger partial charge < -0.3 is 19.3 Å². The lowest BCUT2D eigenvalue weighted by Gasteiger charge is -2.31. The number of carbonyl (C=O) groups is 2. The highest BCUT2D eigenvalue weighted by Gasteiger charge is 2.48. The predicted octanol–water partition coefficient (Wildman–Crippen LogP) is 4.28. The normalized spacial score (nSPS) is 20.1. The molecule has 1 saturated heterocycles. The Bertz CT molecular complexity index is 946. The molecular weight excluding hydrogens is 410 g/mol. The van der Waals surface area contributed by atoms with Crippen LogP contribution < -0.4 is 5.32 Å². The molecule has 0 unspecified atom stereocenters. The zero-order valence-electron chi connectivity index (χ0n) is 19.8. The molecule has 0 saturated carbocycles. The number of aromatic nitrogens is 2. The molecule has 1 N–H and O–H groups in total. The maximum absolute atomic E-state index is 13.4. The third-order valence-electron chi connectivity index (χ3n) is 5.29. The van der Waals surface area contributed by atoms with Crippen molar-refractivity contribution in [3.8, 4) is 11.5 Å². The highest BCUT2D eigenvalue weighted by atomic mass is 16.8. The van der Waals surface area contributed by atoms with E-state index in [0.29, 0.717) is 18.1 Å². The summed E-state index contributed by atoms with van der Waals surface area (Å²) in [6.45, 7) is 13.3. The number of hydrogen-bond acceptors (Lipinski definition) is 7. The first kappa shape index (κ1) is 23.9. The molecule has 0 aliphatic carbocycles. The van der Waals surface area contributed by atoms with Crippen LogP contribution >= 0.6 is 0 Å². The summed E-state index contributed by atoms with van der Waals surface area (Å²) in [5.74, 6) is -1.64. The van der Waals surface area contributed by atoms with Crippen molar-refractivity contribution in [2.45, 2.75) is 72.8 Å². The lowest BCUT2D eigenvalue weighted by molar-refractivity contribution is -0.162. The first-order valence-electron chi connectivity index (χ1n) is 11.0. The van der Waals surface area contributed by atoms with Gasteiger partial charge in [0, 0.05) is 19.4 Å². The van der Waals surface area contributed by atoms with Gasteiger partial charge in [-0.1, -0.05) is 58.0 Å². The fraction of sp³-hybridized carbons (Fsp3) is 0.583. The fourth-order valence-corrected chi connectivity index (χ4v) is 3.77. The molecule has 0 spiro atoms. The zero-order valence-corrected chi connectivity index (χ0v) is 19.8. The maximum atomic E-state index is 13.4. The molecule has 1 aliphatic rings. The molecule has 1 fully saturated rings. The monoisotopic (exact) mass is 443 g/mol. The van der Waals surface area contributed by atoms with Crippen LogP contribution in [0.2, 0.25) is 0 Å². The lowest BCUT2D eigenvalue weighted by atomic mass is 9.84. The van der Waals surface area contributed by atoms with E-state index >= 15 is 0 Å². The third kappa shape index (κ3) is 5.54. The van der Waals surface area contributed by atoms with Crippen molar-refractivity contribution < 1.29 is 23.6 Å². The summed E-state index contributed by atoms with van der Waals surface area (Å²) in [5, 5.41) is 7.20. The van der Waals surface area contributed by atoms with Crippen LogP contribution in [0.3, 0.4) is 0 Å². The molecule has 174 valence electrons. The fourth-order valence-electron chi connectivity index (χ4n) is 3.77. The Labute approximate surface area is 189 Å². The highest BCUT2D eigenvalue weighted by Crippen LogP contribution is 2.35. The first-order valence-corrected chi connectivity index (χ1v) is 11.0. The highest BCUT2D eigenvalue weighted by molar-refractivity contribution is 5.88. The van der Waals surface area contributed by atoms with E-state index in [1.54, 1.807) is 13.8 Å². The minimum atomic E-state index is -1.06. The summed E-state index contributed by atoms with van der Waals surface area (Å²) in [5.41, 5.74) is 0.388. The number of nitrogens with one attached hydrogen (secondary N) is 1. The summed E-state index contributed by atoms with van der Waals surface area (Å²) in [7, 11) is 0. The molecule has 2 heterocycles.